The number of hydrogen-bond acceptors (Lipinski definition) is 4. The Morgan fingerprint density at radius 1 is 1.32 bits per heavy atom. The van der Waals surface area contributed by atoms with Gasteiger partial charge in [-0.3, -0.25) is 9.89 Å². The van der Waals surface area contributed by atoms with Gasteiger partial charge >= 0.3 is 0 Å². The normalized spacial score (nSPS) is 14.6. The number of aromatic nitrogens is 4. The van der Waals surface area contributed by atoms with Gasteiger partial charge < -0.3 is 15.0 Å². The molecule has 0 bridgehead atoms. The number of hydrogen-bond donors (Lipinski definition) is 3. The van der Waals surface area contributed by atoms with Crippen molar-refractivity contribution in [2.24, 2.45) is 0 Å². The fraction of sp³-hybridized carbons (Fsp3) is 0.278. The zero-order valence-corrected chi connectivity index (χ0v) is 14.1. The molecule has 1 aliphatic rings. The minimum absolute atomic E-state index is 0.245. The first-order valence-corrected chi connectivity index (χ1v) is 8.20. The third kappa shape index (κ3) is 2.94. The van der Waals surface area contributed by atoms with E-state index in [4.69, 9.17) is 4.74 Å². The van der Waals surface area contributed by atoms with Crippen LogP contribution in [0.5, 0.6) is 0 Å². The molecular formula is C18H19N5O2. The molecule has 3 N–H and O–H groups in total. The summed E-state index contributed by atoms with van der Waals surface area (Å²) in [7, 11) is 0. The van der Waals surface area contributed by atoms with Crippen molar-refractivity contribution in [3.63, 3.8) is 0 Å². The summed E-state index contributed by atoms with van der Waals surface area (Å²) in [4.78, 5) is 20.1. The fourth-order valence-corrected chi connectivity index (χ4v) is 2.92. The van der Waals surface area contributed by atoms with Crippen LogP contribution in [0.3, 0.4) is 0 Å². The monoisotopic (exact) mass is 337 g/mol. The van der Waals surface area contributed by atoms with Crippen molar-refractivity contribution in [1.82, 2.24) is 20.2 Å². The Morgan fingerprint density at radius 3 is 2.92 bits per heavy atom. The highest BCUT2D eigenvalue weighted by Crippen LogP contribution is 2.25. The van der Waals surface area contributed by atoms with Gasteiger partial charge in [-0.25, -0.2) is 4.98 Å². The molecule has 0 unspecified atom stereocenters. The lowest BCUT2D eigenvalue weighted by Gasteiger charge is -2.11. The van der Waals surface area contributed by atoms with E-state index in [-0.39, 0.29) is 5.91 Å². The first-order chi connectivity index (χ1) is 12.1. The second kappa shape index (κ2) is 6.18. The maximum atomic E-state index is 12.4. The number of carbonyl (C=O) groups excluding carboxylic acids is 1. The Balaban J connectivity index is 1.59. The molecule has 7 nitrogen and oxygen atoms in total. The number of nitrogens with zero attached hydrogens (tertiary/aromatic N) is 2. The van der Waals surface area contributed by atoms with Crippen LogP contribution < -0.4 is 5.32 Å². The van der Waals surface area contributed by atoms with Crippen LogP contribution in [0.4, 0.5) is 5.69 Å². The van der Waals surface area contributed by atoms with Crippen molar-refractivity contribution in [3.8, 4) is 0 Å². The molecule has 4 heterocycles. The van der Waals surface area contributed by atoms with Crippen LogP contribution >= 0.6 is 0 Å². The van der Waals surface area contributed by atoms with Gasteiger partial charge in [-0.1, -0.05) is 6.08 Å². The number of aryl methyl sites for hydroxylation is 1. The maximum absolute atomic E-state index is 12.4. The molecule has 1 aliphatic heterocycles. The highest BCUT2D eigenvalue weighted by molar-refractivity contribution is 6.04. The van der Waals surface area contributed by atoms with E-state index in [9.17, 15) is 4.79 Å². The summed E-state index contributed by atoms with van der Waals surface area (Å²) < 4.78 is 5.35. The number of aromatic amines is 2. The van der Waals surface area contributed by atoms with E-state index < -0.39 is 0 Å². The average molecular weight is 337 g/mol. The Morgan fingerprint density at radius 2 is 2.20 bits per heavy atom. The van der Waals surface area contributed by atoms with Crippen molar-refractivity contribution in [2.45, 2.75) is 20.3 Å². The van der Waals surface area contributed by atoms with Crippen LogP contribution in [-0.2, 0) is 4.74 Å². The third-order valence-electron chi connectivity index (χ3n) is 4.51. The zero-order valence-electron chi connectivity index (χ0n) is 14.1. The van der Waals surface area contributed by atoms with Gasteiger partial charge in [0.15, 0.2) is 5.69 Å². The van der Waals surface area contributed by atoms with Crippen LogP contribution in [0, 0.1) is 13.8 Å². The minimum atomic E-state index is -0.245. The summed E-state index contributed by atoms with van der Waals surface area (Å²) in [6.07, 6.45) is 4.61. The Labute approximate surface area is 144 Å². The molecule has 0 saturated heterocycles. The van der Waals surface area contributed by atoms with Crippen molar-refractivity contribution in [3.05, 3.63) is 47.1 Å². The summed E-state index contributed by atoms with van der Waals surface area (Å²) in [5.74, 6) is -0.245. The fourth-order valence-electron chi connectivity index (χ4n) is 2.92. The van der Waals surface area contributed by atoms with Crippen molar-refractivity contribution < 1.29 is 9.53 Å². The largest absolute Gasteiger partial charge is 0.377 e. The van der Waals surface area contributed by atoms with Crippen LogP contribution in [0.1, 0.15) is 33.9 Å². The van der Waals surface area contributed by atoms with Gasteiger partial charge in [0.05, 0.1) is 25.1 Å². The van der Waals surface area contributed by atoms with E-state index in [0.717, 1.165) is 41.0 Å². The van der Waals surface area contributed by atoms with Crippen LogP contribution in [0.15, 0.2) is 24.4 Å². The highest BCUT2D eigenvalue weighted by atomic mass is 16.5. The first kappa shape index (κ1) is 15.6. The first-order valence-electron chi connectivity index (χ1n) is 8.20. The van der Waals surface area contributed by atoms with E-state index in [2.05, 4.69) is 37.6 Å². The quantitative estimate of drug-likeness (QED) is 0.684. The molecule has 3 aromatic rings. The second-order valence-corrected chi connectivity index (χ2v) is 6.18. The lowest BCUT2D eigenvalue weighted by molar-refractivity contribution is 0.102. The molecule has 25 heavy (non-hydrogen) atoms. The van der Waals surface area contributed by atoms with Crippen LogP contribution in [0.25, 0.3) is 16.6 Å². The molecule has 4 rings (SSSR count). The predicted octanol–water partition coefficient (Wildman–Crippen LogP) is 2.96. The zero-order chi connectivity index (χ0) is 17.4. The smallest absolute Gasteiger partial charge is 0.276 e. The molecule has 128 valence electrons. The Bertz CT molecular complexity index is 983. The number of amides is 1. The molecule has 0 atom stereocenters. The molecule has 0 saturated carbocycles. The minimum Gasteiger partial charge on any atom is -0.377 e. The van der Waals surface area contributed by atoms with Gasteiger partial charge in [-0.2, -0.15) is 5.10 Å². The summed E-state index contributed by atoms with van der Waals surface area (Å²) in [5, 5.41) is 10.7. The van der Waals surface area contributed by atoms with Gasteiger partial charge in [0.2, 0.25) is 0 Å². The number of ether oxygens (including phenoxy) is 1. The molecule has 0 spiro atoms. The van der Waals surface area contributed by atoms with Gasteiger partial charge in [-0.05, 0) is 38.0 Å². The number of nitrogens with one attached hydrogen (secondary N) is 3. The molecule has 0 fully saturated rings. The van der Waals surface area contributed by atoms with E-state index >= 15 is 0 Å². The van der Waals surface area contributed by atoms with E-state index in [1.807, 2.05) is 19.9 Å². The summed E-state index contributed by atoms with van der Waals surface area (Å²) >= 11 is 0. The summed E-state index contributed by atoms with van der Waals surface area (Å²) in [5.41, 5.74) is 5.86. The van der Waals surface area contributed by atoms with Gasteiger partial charge in [0.1, 0.15) is 5.65 Å². The molecular weight excluding hydrogens is 318 g/mol. The standard InChI is InChI=1S/C18H19N5O2/c1-10-11(2)22-23-16(10)18(24)20-14-7-13-8-15(21-17(13)19-9-14)12-3-5-25-6-4-12/h3,7-9H,4-6H2,1-2H3,(H,19,21)(H,20,24)(H,22,23). The predicted molar refractivity (Wildman–Crippen MR) is 95.5 cm³/mol. The van der Waals surface area contributed by atoms with Gasteiger partial charge in [0, 0.05) is 22.3 Å². The molecule has 0 aromatic carbocycles. The number of rotatable bonds is 3. The third-order valence-corrected chi connectivity index (χ3v) is 4.51. The Kier molecular flexibility index (Phi) is 3.85. The van der Waals surface area contributed by atoms with E-state index in [1.165, 1.54) is 5.57 Å². The topological polar surface area (TPSA) is 95.7 Å². The lowest BCUT2D eigenvalue weighted by atomic mass is 10.1. The van der Waals surface area contributed by atoms with Crippen molar-refractivity contribution in [2.75, 3.05) is 18.5 Å². The van der Waals surface area contributed by atoms with E-state index in [1.54, 1.807) is 6.20 Å². The lowest BCUT2D eigenvalue weighted by Crippen LogP contribution is -2.13. The highest BCUT2D eigenvalue weighted by Gasteiger charge is 2.15. The number of fused-ring (bicyclic) bond motifs is 1. The number of carbonyl (C=O) groups is 1. The average Bonchev–Trinajstić information content (AvgIpc) is 3.19. The maximum Gasteiger partial charge on any atom is 0.276 e. The van der Waals surface area contributed by atoms with Crippen LogP contribution in [0.2, 0.25) is 0 Å². The van der Waals surface area contributed by atoms with Gasteiger partial charge in [-0.15, -0.1) is 0 Å². The molecule has 0 aliphatic carbocycles. The van der Waals surface area contributed by atoms with Crippen molar-refractivity contribution in [1.29, 1.82) is 0 Å². The molecule has 7 heteroatoms. The summed E-state index contributed by atoms with van der Waals surface area (Å²) in [6.45, 7) is 5.13. The number of pyridine rings is 1. The molecule has 3 aromatic heterocycles. The molecule has 1 amide bonds. The van der Waals surface area contributed by atoms with Crippen LogP contribution in [-0.4, -0.2) is 39.3 Å². The van der Waals surface area contributed by atoms with Gasteiger partial charge in [0.25, 0.3) is 5.91 Å². The second-order valence-electron chi connectivity index (χ2n) is 6.18. The number of anilines is 1. The SMILES string of the molecule is Cc1[nH]nc(C(=O)Nc2cnc3[nH]c(C4=CCOCC4)cc3c2)c1C. The number of H-pyrrole nitrogens is 2. The summed E-state index contributed by atoms with van der Waals surface area (Å²) in [6, 6.07) is 3.97. The Hall–Kier alpha value is -2.93. The molecule has 0 radical (unpaired) electrons. The van der Waals surface area contributed by atoms with E-state index in [0.29, 0.717) is 18.0 Å². The van der Waals surface area contributed by atoms with Crippen molar-refractivity contribution >= 4 is 28.2 Å².